The standard InChI is InChI=1S/C12H22ClN/c1-2-12(6-3-7-12)10-14-8-4-11(13)5-9-14/h11H,2-10H2,1H3. The van der Waals surface area contributed by atoms with Gasteiger partial charge in [0, 0.05) is 11.9 Å². The van der Waals surface area contributed by atoms with Crippen LogP contribution in [-0.4, -0.2) is 29.9 Å². The summed E-state index contributed by atoms with van der Waals surface area (Å²) < 4.78 is 0. The lowest BCUT2D eigenvalue weighted by Gasteiger charge is -2.46. The molecule has 1 saturated heterocycles. The number of hydrogen-bond donors (Lipinski definition) is 0. The average Bonchev–Trinajstić information content (AvgIpc) is 2.15. The van der Waals surface area contributed by atoms with Crippen LogP contribution in [0.25, 0.3) is 0 Å². The van der Waals surface area contributed by atoms with Crippen molar-refractivity contribution in [2.75, 3.05) is 19.6 Å². The Labute approximate surface area is 92.8 Å². The molecule has 1 nitrogen and oxygen atoms in total. The van der Waals surface area contributed by atoms with Gasteiger partial charge >= 0.3 is 0 Å². The zero-order valence-corrected chi connectivity index (χ0v) is 10.0. The minimum atomic E-state index is 0.449. The van der Waals surface area contributed by atoms with Gasteiger partial charge in [0.2, 0.25) is 0 Å². The molecule has 1 heterocycles. The Balaban J connectivity index is 1.79. The van der Waals surface area contributed by atoms with Crippen LogP contribution >= 0.6 is 11.6 Å². The van der Waals surface area contributed by atoms with Crippen LogP contribution in [-0.2, 0) is 0 Å². The molecular weight excluding hydrogens is 194 g/mol. The van der Waals surface area contributed by atoms with E-state index in [9.17, 15) is 0 Å². The van der Waals surface area contributed by atoms with E-state index in [-0.39, 0.29) is 0 Å². The van der Waals surface area contributed by atoms with Crippen molar-refractivity contribution in [2.24, 2.45) is 5.41 Å². The van der Waals surface area contributed by atoms with Crippen molar-refractivity contribution < 1.29 is 0 Å². The molecule has 2 heteroatoms. The van der Waals surface area contributed by atoms with Gasteiger partial charge in [0.1, 0.15) is 0 Å². The van der Waals surface area contributed by atoms with Crippen LogP contribution in [0.2, 0.25) is 0 Å². The molecule has 0 aromatic carbocycles. The summed E-state index contributed by atoms with van der Waals surface area (Å²) >= 11 is 6.11. The molecule has 2 aliphatic rings. The van der Waals surface area contributed by atoms with E-state index in [2.05, 4.69) is 11.8 Å². The van der Waals surface area contributed by atoms with Gasteiger partial charge in [0.15, 0.2) is 0 Å². The molecule has 2 rings (SSSR count). The summed E-state index contributed by atoms with van der Waals surface area (Å²) in [5.41, 5.74) is 0.694. The van der Waals surface area contributed by atoms with Gasteiger partial charge in [-0.2, -0.15) is 0 Å². The maximum atomic E-state index is 6.11. The predicted molar refractivity (Wildman–Crippen MR) is 61.9 cm³/mol. The maximum Gasteiger partial charge on any atom is 0.0360 e. The number of piperidine rings is 1. The maximum absolute atomic E-state index is 6.11. The highest BCUT2D eigenvalue weighted by Gasteiger charge is 2.37. The first-order chi connectivity index (χ1) is 6.74. The SMILES string of the molecule is CCC1(CN2CCC(Cl)CC2)CCC1. The van der Waals surface area contributed by atoms with Crippen molar-refractivity contribution in [1.29, 1.82) is 0 Å². The van der Waals surface area contributed by atoms with E-state index >= 15 is 0 Å². The van der Waals surface area contributed by atoms with Gasteiger partial charge < -0.3 is 4.90 Å². The number of halogens is 1. The van der Waals surface area contributed by atoms with Crippen LogP contribution in [0.4, 0.5) is 0 Å². The molecule has 1 aliphatic heterocycles. The average molecular weight is 216 g/mol. The first-order valence-electron chi connectivity index (χ1n) is 6.10. The van der Waals surface area contributed by atoms with Crippen molar-refractivity contribution >= 4 is 11.6 Å². The summed E-state index contributed by atoms with van der Waals surface area (Å²) in [6.45, 7) is 6.16. The Morgan fingerprint density at radius 2 is 1.93 bits per heavy atom. The van der Waals surface area contributed by atoms with E-state index in [0.29, 0.717) is 10.8 Å². The van der Waals surface area contributed by atoms with Crippen LogP contribution in [0, 0.1) is 5.41 Å². The number of likely N-dealkylation sites (tertiary alicyclic amines) is 1. The highest BCUT2D eigenvalue weighted by atomic mass is 35.5. The van der Waals surface area contributed by atoms with Gasteiger partial charge in [-0.3, -0.25) is 0 Å². The Morgan fingerprint density at radius 1 is 1.29 bits per heavy atom. The molecule has 1 aliphatic carbocycles. The van der Waals surface area contributed by atoms with E-state index < -0.39 is 0 Å². The molecule has 0 radical (unpaired) electrons. The van der Waals surface area contributed by atoms with E-state index in [1.807, 2.05) is 0 Å². The molecule has 0 amide bonds. The highest BCUT2D eigenvalue weighted by molar-refractivity contribution is 6.20. The summed E-state index contributed by atoms with van der Waals surface area (Å²) in [7, 11) is 0. The van der Waals surface area contributed by atoms with Gasteiger partial charge in [-0.25, -0.2) is 0 Å². The van der Waals surface area contributed by atoms with Crippen molar-refractivity contribution in [2.45, 2.75) is 50.8 Å². The number of hydrogen-bond acceptors (Lipinski definition) is 1. The van der Waals surface area contributed by atoms with Crippen molar-refractivity contribution in [3.05, 3.63) is 0 Å². The molecule has 82 valence electrons. The molecule has 0 unspecified atom stereocenters. The minimum absolute atomic E-state index is 0.449. The lowest BCUT2D eigenvalue weighted by Crippen LogP contribution is -2.45. The summed E-state index contributed by atoms with van der Waals surface area (Å²) in [4.78, 5) is 2.64. The quantitative estimate of drug-likeness (QED) is 0.654. The highest BCUT2D eigenvalue weighted by Crippen LogP contribution is 2.44. The second-order valence-electron chi connectivity index (χ2n) is 5.16. The third-order valence-electron chi connectivity index (χ3n) is 4.24. The summed E-state index contributed by atoms with van der Waals surface area (Å²) in [6, 6.07) is 0. The second kappa shape index (κ2) is 4.40. The van der Waals surface area contributed by atoms with Gasteiger partial charge in [0.05, 0.1) is 0 Å². The molecule has 0 N–H and O–H groups in total. The third kappa shape index (κ3) is 2.25. The van der Waals surface area contributed by atoms with Crippen LogP contribution in [0.3, 0.4) is 0 Å². The Kier molecular flexibility index (Phi) is 3.38. The van der Waals surface area contributed by atoms with Crippen LogP contribution in [0.15, 0.2) is 0 Å². The topological polar surface area (TPSA) is 3.24 Å². The molecule has 14 heavy (non-hydrogen) atoms. The van der Waals surface area contributed by atoms with E-state index in [1.165, 1.54) is 58.2 Å². The van der Waals surface area contributed by atoms with Crippen LogP contribution in [0.1, 0.15) is 45.4 Å². The van der Waals surface area contributed by atoms with E-state index in [0.717, 1.165) is 0 Å². The lowest BCUT2D eigenvalue weighted by atomic mass is 9.66. The zero-order valence-electron chi connectivity index (χ0n) is 9.27. The fraction of sp³-hybridized carbons (Fsp3) is 1.00. The Morgan fingerprint density at radius 3 is 2.36 bits per heavy atom. The fourth-order valence-electron chi connectivity index (χ4n) is 2.83. The zero-order chi connectivity index (χ0) is 10.0. The molecule has 0 bridgehead atoms. The predicted octanol–water partition coefficient (Wildman–Crippen LogP) is 3.27. The van der Waals surface area contributed by atoms with Crippen LogP contribution in [0.5, 0.6) is 0 Å². The largest absolute Gasteiger partial charge is 0.303 e. The normalized spacial score (nSPS) is 28.7. The molecular formula is C12H22ClN. The number of rotatable bonds is 3. The Bertz CT molecular complexity index is 175. The monoisotopic (exact) mass is 215 g/mol. The van der Waals surface area contributed by atoms with E-state index in [1.54, 1.807) is 0 Å². The second-order valence-corrected chi connectivity index (χ2v) is 5.78. The summed E-state index contributed by atoms with van der Waals surface area (Å²) in [5, 5.41) is 0.449. The lowest BCUT2D eigenvalue weighted by molar-refractivity contribution is 0.0539. The van der Waals surface area contributed by atoms with E-state index in [4.69, 9.17) is 11.6 Å². The number of nitrogens with zero attached hydrogens (tertiary/aromatic N) is 1. The third-order valence-corrected chi connectivity index (χ3v) is 4.68. The molecule has 0 aromatic rings. The van der Waals surface area contributed by atoms with Crippen LogP contribution < -0.4 is 0 Å². The van der Waals surface area contributed by atoms with Gasteiger partial charge in [-0.1, -0.05) is 13.3 Å². The smallest absolute Gasteiger partial charge is 0.0360 e. The fourth-order valence-corrected chi connectivity index (χ4v) is 3.03. The van der Waals surface area contributed by atoms with Gasteiger partial charge in [-0.05, 0) is 50.6 Å². The molecule has 1 saturated carbocycles. The molecule has 0 spiro atoms. The van der Waals surface area contributed by atoms with Gasteiger partial charge in [-0.15, -0.1) is 11.6 Å². The van der Waals surface area contributed by atoms with Crippen molar-refractivity contribution in [3.8, 4) is 0 Å². The number of alkyl halides is 1. The molecule has 0 atom stereocenters. The summed E-state index contributed by atoms with van der Waals surface area (Å²) in [5.74, 6) is 0. The first-order valence-corrected chi connectivity index (χ1v) is 6.54. The van der Waals surface area contributed by atoms with Crippen molar-refractivity contribution in [1.82, 2.24) is 4.90 Å². The Hall–Kier alpha value is 0.250. The first kappa shape index (κ1) is 10.8. The van der Waals surface area contributed by atoms with Gasteiger partial charge in [0.25, 0.3) is 0 Å². The van der Waals surface area contributed by atoms with Crippen molar-refractivity contribution in [3.63, 3.8) is 0 Å². The molecule has 2 fully saturated rings. The minimum Gasteiger partial charge on any atom is -0.303 e. The molecule has 0 aromatic heterocycles. The summed E-state index contributed by atoms with van der Waals surface area (Å²) in [6.07, 6.45) is 8.14.